The Kier molecular flexibility index (Phi) is 6.65. The van der Waals surface area contributed by atoms with Crippen LogP contribution in [0.5, 0.6) is 5.75 Å². The number of rotatable bonds is 8. The third kappa shape index (κ3) is 5.24. The topological polar surface area (TPSA) is 79.0 Å². The first kappa shape index (κ1) is 21.4. The highest BCUT2D eigenvalue weighted by atomic mass is 19.1. The van der Waals surface area contributed by atoms with Gasteiger partial charge in [0.05, 0.1) is 24.2 Å². The van der Waals surface area contributed by atoms with E-state index in [1.54, 1.807) is 25.3 Å². The molecule has 0 unspecified atom stereocenters. The number of H-pyrrole nitrogens is 1. The van der Waals surface area contributed by atoms with Crippen molar-refractivity contribution in [3.8, 4) is 5.75 Å². The number of carbonyl (C=O) groups is 1. The van der Waals surface area contributed by atoms with Crippen molar-refractivity contribution in [3.63, 3.8) is 0 Å². The van der Waals surface area contributed by atoms with Crippen molar-refractivity contribution in [2.75, 3.05) is 13.7 Å². The maximum atomic E-state index is 13.8. The summed E-state index contributed by atoms with van der Waals surface area (Å²) in [7, 11) is 1.62. The van der Waals surface area contributed by atoms with Crippen LogP contribution < -0.4 is 15.4 Å². The Morgan fingerprint density at radius 2 is 1.81 bits per heavy atom. The summed E-state index contributed by atoms with van der Waals surface area (Å²) >= 11 is 0. The van der Waals surface area contributed by atoms with Crippen LogP contribution in [0.15, 0.2) is 72.8 Å². The first-order valence-electron chi connectivity index (χ1n) is 10.5. The van der Waals surface area contributed by atoms with E-state index in [1.807, 2.05) is 48.5 Å². The fourth-order valence-corrected chi connectivity index (χ4v) is 3.57. The monoisotopic (exact) mass is 432 g/mol. The molecule has 1 atom stereocenters. The number of halogens is 1. The molecule has 0 saturated carbocycles. The summed E-state index contributed by atoms with van der Waals surface area (Å²) in [5.74, 6) is 1.17. The van der Waals surface area contributed by atoms with Crippen molar-refractivity contribution in [1.29, 1.82) is 0 Å². The average Bonchev–Trinajstić information content (AvgIpc) is 3.25. The van der Waals surface area contributed by atoms with E-state index >= 15 is 0 Å². The number of benzene rings is 3. The number of hydrogen-bond acceptors (Lipinski definition) is 3. The van der Waals surface area contributed by atoms with Crippen molar-refractivity contribution in [2.45, 2.75) is 18.9 Å². The van der Waals surface area contributed by atoms with E-state index in [0.29, 0.717) is 30.8 Å². The van der Waals surface area contributed by atoms with Crippen LogP contribution in [0.1, 0.15) is 23.0 Å². The van der Waals surface area contributed by atoms with Crippen molar-refractivity contribution >= 4 is 17.1 Å². The van der Waals surface area contributed by atoms with Crippen molar-refractivity contribution < 1.29 is 13.9 Å². The van der Waals surface area contributed by atoms with Crippen LogP contribution in [-0.2, 0) is 12.8 Å². The summed E-state index contributed by atoms with van der Waals surface area (Å²) in [4.78, 5) is 20.6. The lowest BCUT2D eigenvalue weighted by atomic mass is 10.1. The van der Waals surface area contributed by atoms with Crippen molar-refractivity contribution in [3.05, 3.63) is 95.6 Å². The minimum absolute atomic E-state index is 0.269. The number of urea groups is 1. The maximum Gasteiger partial charge on any atom is 0.315 e. The van der Waals surface area contributed by atoms with Gasteiger partial charge in [0.2, 0.25) is 0 Å². The molecule has 0 saturated heterocycles. The van der Waals surface area contributed by atoms with Gasteiger partial charge in [0.1, 0.15) is 17.4 Å². The normalized spacial score (nSPS) is 11.8. The number of fused-ring (bicyclic) bond motifs is 1. The van der Waals surface area contributed by atoms with Crippen LogP contribution >= 0.6 is 0 Å². The fourth-order valence-electron chi connectivity index (χ4n) is 3.57. The number of amides is 2. The van der Waals surface area contributed by atoms with E-state index in [2.05, 4.69) is 20.6 Å². The summed E-state index contributed by atoms with van der Waals surface area (Å²) in [6, 6.07) is 21.3. The standard InChI is InChI=1S/C25H25FN4O2/c1-32-19-12-10-17(11-13-19)16-23(24-28-21-8-4-5-9-22(21)29-24)30-25(31)27-15-14-18-6-2-3-7-20(18)26/h2-13,23H,14-16H2,1H3,(H,28,29)(H2,27,30,31)/t23-/m1/s1. The fraction of sp³-hybridized carbons (Fsp3) is 0.200. The number of nitrogens with zero attached hydrogens (tertiary/aromatic N) is 1. The molecular weight excluding hydrogens is 407 g/mol. The van der Waals surface area contributed by atoms with Crippen LogP contribution in [-0.4, -0.2) is 29.7 Å². The van der Waals surface area contributed by atoms with Gasteiger partial charge in [-0.3, -0.25) is 0 Å². The highest BCUT2D eigenvalue weighted by molar-refractivity contribution is 5.76. The first-order valence-corrected chi connectivity index (χ1v) is 10.5. The second-order valence-electron chi connectivity index (χ2n) is 7.49. The second kappa shape index (κ2) is 9.96. The van der Waals surface area contributed by atoms with Gasteiger partial charge in [0.15, 0.2) is 0 Å². The van der Waals surface area contributed by atoms with Crippen LogP contribution in [0.3, 0.4) is 0 Å². The Labute approximate surface area is 185 Å². The van der Waals surface area contributed by atoms with Gasteiger partial charge >= 0.3 is 6.03 Å². The number of hydrogen-bond donors (Lipinski definition) is 3. The lowest BCUT2D eigenvalue weighted by Crippen LogP contribution is -2.40. The molecule has 4 rings (SSSR count). The van der Waals surface area contributed by atoms with Gasteiger partial charge < -0.3 is 20.4 Å². The number of aromatic nitrogens is 2. The van der Waals surface area contributed by atoms with Gasteiger partial charge in [-0.05, 0) is 54.3 Å². The van der Waals surface area contributed by atoms with Gasteiger partial charge in [-0.15, -0.1) is 0 Å². The number of ether oxygens (including phenoxy) is 1. The predicted octanol–water partition coefficient (Wildman–Crippen LogP) is 4.54. The molecular formula is C25H25FN4O2. The highest BCUT2D eigenvalue weighted by Gasteiger charge is 2.19. The van der Waals surface area contributed by atoms with Crippen LogP contribution in [0.25, 0.3) is 11.0 Å². The highest BCUT2D eigenvalue weighted by Crippen LogP contribution is 2.21. The summed E-state index contributed by atoms with van der Waals surface area (Å²) in [6.07, 6.45) is 0.957. The molecule has 6 nitrogen and oxygen atoms in total. The molecule has 32 heavy (non-hydrogen) atoms. The molecule has 0 spiro atoms. The zero-order valence-electron chi connectivity index (χ0n) is 17.8. The van der Waals surface area contributed by atoms with Crippen LogP contribution in [0.4, 0.5) is 9.18 Å². The van der Waals surface area contributed by atoms with Crippen LogP contribution in [0, 0.1) is 5.82 Å². The molecule has 0 radical (unpaired) electrons. The van der Waals surface area contributed by atoms with Gasteiger partial charge in [0.25, 0.3) is 0 Å². The zero-order valence-corrected chi connectivity index (χ0v) is 17.8. The quantitative estimate of drug-likeness (QED) is 0.383. The molecule has 4 aromatic rings. The Balaban J connectivity index is 1.46. The molecule has 3 aromatic carbocycles. The summed E-state index contributed by atoms with van der Waals surface area (Å²) < 4.78 is 19.0. The van der Waals surface area contributed by atoms with E-state index in [9.17, 15) is 9.18 Å². The minimum Gasteiger partial charge on any atom is -0.497 e. The lowest BCUT2D eigenvalue weighted by molar-refractivity contribution is 0.236. The Morgan fingerprint density at radius 3 is 2.56 bits per heavy atom. The maximum absolute atomic E-state index is 13.8. The number of imidazole rings is 1. The first-order chi connectivity index (χ1) is 15.6. The van der Waals surface area contributed by atoms with E-state index in [-0.39, 0.29) is 17.9 Å². The molecule has 164 valence electrons. The molecule has 0 fully saturated rings. The third-order valence-corrected chi connectivity index (χ3v) is 5.28. The largest absolute Gasteiger partial charge is 0.497 e. The summed E-state index contributed by atoms with van der Waals surface area (Å²) in [5, 5.41) is 5.82. The average molecular weight is 432 g/mol. The van der Waals surface area contributed by atoms with Gasteiger partial charge in [0, 0.05) is 6.54 Å². The molecule has 0 aliphatic carbocycles. The molecule has 1 aromatic heterocycles. The lowest BCUT2D eigenvalue weighted by Gasteiger charge is -2.18. The smallest absolute Gasteiger partial charge is 0.315 e. The summed E-state index contributed by atoms with van der Waals surface area (Å²) in [6.45, 7) is 0.322. The van der Waals surface area contributed by atoms with Crippen molar-refractivity contribution in [2.24, 2.45) is 0 Å². The molecule has 0 aliphatic heterocycles. The number of para-hydroxylation sites is 2. The number of nitrogens with one attached hydrogen (secondary N) is 3. The van der Waals surface area contributed by atoms with Gasteiger partial charge in [-0.2, -0.15) is 0 Å². The van der Waals surface area contributed by atoms with Gasteiger partial charge in [-0.25, -0.2) is 14.2 Å². The van der Waals surface area contributed by atoms with Gasteiger partial charge in [-0.1, -0.05) is 42.5 Å². The second-order valence-corrected chi connectivity index (χ2v) is 7.49. The van der Waals surface area contributed by atoms with Crippen LogP contribution in [0.2, 0.25) is 0 Å². The molecule has 0 bridgehead atoms. The molecule has 2 amide bonds. The van der Waals surface area contributed by atoms with E-state index < -0.39 is 0 Å². The molecule has 0 aliphatic rings. The van der Waals surface area contributed by atoms with Crippen molar-refractivity contribution in [1.82, 2.24) is 20.6 Å². The Bertz CT molecular complexity index is 1160. The molecule has 7 heteroatoms. The van der Waals surface area contributed by atoms with E-state index in [1.165, 1.54) is 6.07 Å². The zero-order chi connectivity index (χ0) is 22.3. The van der Waals surface area contributed by atoms with E-state index in [0.717, 1.165) is 22.3 Å². The number of aromatic amines is 1. The Hall–Kier alpha value is -3.87. The minimum atomic E-state index is -0.371. The number of carbonyl (C=O) groups excluding carboxylic acids is 1. The van der Waals surface area contributed by atoms with E-state index in [4.69, 9.17) is 4.74 Å². The SMILES string of the molecule is COc1ccc(C[C@@H](NC(=O)NCCc2ccccc2F)c2nc3ccccc3[nH]2)cc1. The number of methoxy groups -OCH3 is 1. The molecule has 3 N–H and O–H groups in total. The summed E-state index contributed by atoms with van der Waals surface area (Å²) in [5.41, 5.74) is 3.34. The Morgan fingerprint density at radius 1 is 1.06 bits per heavy atom. The third-order valence-electron chi connectivity index (χ3n) is 5.28. The predicted molar refractivity (Wildman–Crippen MR) is 122 cm³/mol. The molecule has 1 heterocycles.